The smallest absolute Gasteiger partial charge is 0.385 e. The van der Waals surface area contributed by atoms with Crippen molar-refractivity contribution < 1.29 is 22.7 Å². The minimum absolute atomic E-state index is 0.0686. The second-order valence-electron chi connectivity index (χ2n) is 8.29. The Morgan fingerprint density at radius 1 is 1.14 bits per heavy atom. The molecule has 1 amide bonds. The molecule has 1 unspecified atom stereocenters. The lowest BCUT2D eigenvalue weighted by Crippen LogP contribution is -2.40. The van der Waals surface area contributed by atoms with E-state index in [1.807, 2.05) is 13.8 Å². The first-order chi connectivity index (χ1) is 16.7. The molecule has 1 aromatic heterocycles. The fraction of sp³-hybridized carbons (Fsp3) is 0.423. The van der Waals surface area contributed by atoms with Crippen molar-refractivity contribution in [2.75, 3.05) is 20.3 Å². The van der Waals surface area contributed by atoms with Crippen molar-refractivity contribution in [3.05, 3.63) is 75.8 Å². The number of methoxy groups -OCH3 is 1. The molecule has 1 heterocycles. The van der Waals surface area contributed by atoms with Crippen LogP contribution in [0.4, 0.5) is 13.2 Å². The molecule has 188 valence electrons. The third-order valence-corrected chi connectivity index (χ3v) is 5.84. The van der Waals surface area contributed by atoms with E-state index < -0.39 is 23.7 Å². The van der Waals surface area contributed by atoms with Crippen molar-refractivity contribution in [1.29, 1.82) is 0 Å². The standard InChI is InChI=1S/C26H30F3N3O3/c1-4-14-32-23(30-21-13-7-6-12-20(21)25(32)34)22(5-2)31(15-9-16-35-3)24(33)18-10-8-11-19(17-18)26(27,28)29/h6-8,10-13,17,22H,4-5,9,14-16H2,1-3H3. The van der Waals surface area contributed by atoms with Crippen molar-refractivity contribution in [2.24, 2.45) is 0 Å². The SMILES string of the molecule is CCCn1c(C(CC)N(CCCOC)C(=O)c2cccc(C(F)(F)F)c2)nc2ccccc2c1=O. The van der Waals surface area contributed by atoms with E-state index in [9.17, 15) is 22.8 Å². The average Bonchev–Trinajstić information content (AvgIpc) is 2.85. The summed E-state index contributed by atoms with van der Waals surface area (Å²) in [5.41, 5.74) is -0.642. The molecule has 0 aliphatic rings. The summed E-state index contributed by atoms with van der Waals surface area (Å²) < 4.78 is 46.7. The van der Waals surface area contributed by atoms with Crippen LogP contribution in [0.3, 0.4) is 0 Å². The van der Waals surface area contributed by atoms with Crippen LogP contribution in [0, 0.1) is 0 Å². The highest BCUT2D eigenvalue weighted by atomic mass is 19.4. The molecule has 0 aliphatic carbocycles. The Morgan fingerprint density at radius 3 is 2.54 bits per heavy atom. The van der Waals surface area contributed by atoms with E-state index >= 15 is 0 Å². The molecule has 2 aromatic carbocycles. The van der Waals surface area contributed by atoms with Crippen molar-refractivity contribution >= 4 is 16.8 Å². The maximum absolute atomic E-state index is 13.6. The molecule has 0 saturated heterocycles. The van der Waals surface area contributed by atoms with Gasteiger partial charge in [0.2, 0.25) is 0 Å². The summed E-state index contributed by atoms with van der Waals surface area (Å²) in [4.78, 5) is 33.2. The number of nitrogens with zero attached hydrogens (tertiary/aromatic N) is 3. The summed E-state index contributed by atoms with van der Waals surface area (Å²) in [6.07, 6.45) is -2.99. The maximum atomic E-state index is 13.6. The van der Waals surface area contributed by atoms with E-state index in [1.165, 1.54) is 17.0 Å². The number of carbonyl (C=O) groups excluding carboxylic acids is 1. The second kappa shape index (κ2) is 11.5. The minimum Gasteiger partial charge on any atom is -0.385 e. The summed E-state index contributed by atoms with van der Waals surface area (Å²) in [7, 11) is 1.54. The van der Waals surface area contributed by atoms with Crippen LogP contribution < -0.4 is 5.56 Å². The zero-order valence-electron chi connectivity index (χ0n) is 20.1. The molecule has 0 bridgehead atoms. The Morgan fingerprint density at radius 2 is 1.89 bits per heavy atom. The van der Waals surface area contributed by atoms with Gasteiger partial charge in [0, 0.05) is 32.4 Å². The summed E-state index contributed by atoms with van der Waals surface area (Å²) in [5.74, 6) is -0.125. The van der Waals surface area contributed by atoms with Crippen LogP contribution in [0.1, 0.15) is 60.9 Å². The van der Waals surface area contributed by atoms with E-state index in [4.69, 9.17) is 9.72 Å². The van der Waals surface area contributed by atoms with Gasteiger partial charge < -0.3 is 9.64 Å². The highest BCUT2D eigenvalue weighted by molar-refractivity contribution is 5.94. The molecule has 9 heteroatoms. The topological polar surface area (TPSA) is 64.4 Å². The number of amides is 1. The maximum Gasteiger partial charge on any atom is 0.416 e. The molecule has 0 spiro atoms. The quantitative estimate of drug-likeness (QED) is 0.355. The number of hydrogen-bond donors (Lipinski definition) is 0. The first kappa shape index (κ1) is 26.4. The van der Waals surface area contributed by atoms with Crippen molar-refractivity contribution in [2.45, 2.75) is 51.9 Å². The van der Waals surface area contributed by atoms with Crippen LogP contribution in [-0.2, 0) is 17.5 Å². The van der Waals surface area contributed by atoms with Gasteiger partial charge in [0.25, 0.3) is 11.5 Å². The summed E-state index contributed by atoms with van der Waals surface area (Å²) in [6.45, 7) is 4.82. The zero-order chi connectivity index (χ0) is 25.6. The Balaban J connectivity index is 2.14. The summed E-state index contributed by atoms with van der Waals surface area (Å²) in [5, 5.41) is 0.481. The second-order valence-corrected chi connectivity index (χ2v) is 8.29. The number of halogens is 3. The van der Waals surface area contributed by atoms with E-state index in [0.29, 0.717) is 49.1 Å². The van der Waals surface area contributed by atoms with E-state index in [1.54, 1.807) is 35.9 Å². The van der Waals surface area contributed by atoms with Gasteiger partial charge in [0.05, 0.1) is 22.5 Å². The summed E-state index contributed by atoms with van der Waals surface area (Å²) >= 11 is 0. The number of ether oxygens (including phenoxy) is 1. The molecule has 1 atom stereocenters. The van der Waals surface area contributed by atoms with Gasteiger partial charge in [0.1, 0.15) is 5.82 Å². The van der Waals surface area contributed by atoms with Crippen molar-refractivity contribution in [3.8, 4) is 0 Å². The molecule has 0 saturated carbocycles. The number of rotatable bonds is 10. The molecule has 6 nitrogen and oxygen atoms in total. The highest BCUT2D eigenvalue weighted by Gasteiger charge is 2.33. The van der Waals surface area contributed by atoms with Gasteiger partial charge in [-0.15, -0.1) is 0 Å². The first-order valence-corrected chi connectivity index (χ1v) is 11.7. The number of carbonyl (C=O) groups is 1. The minimum atomic E-state index is -4.57. The Hall–Kier alpha value is -3.20. The van der Waals surface area contributed by atoms with Crippen LogP contribution in [0.15, 0.2) is 53.3 Å². The van der Waals surface area contributed by atoms with Crippen LogP contribution in [-0.4, -0.2) is 40.6 Å². The lowest BCUT2D eigenvalue weighted by Gasteiger charge is -2.32. The predicted octanol–water partition coefficient (Wildman–Crippen LogP) is 5.46. The van der Waals surface area contributed by atoms with Gasteiger partial charge in [-0.2, -0.15) is 13.2 Å². The van der Waals surface area contributed by atoms with E-state index in [0.717, 1.165) is 12.1 Å². The highest BCUT2D eigenvalue weighted by Crippen LogP contribution is 2.31. The predicted molar refractivity (Wildman–Crippen MR) is 128 cm³/mol. The largest absolute Gasteiger partial charge is 0.416 e. The number of benzene rings is 2. The van der Waals surface area contributed by atoms with Gasteiger partial charge in [-0.1, -0.05) is 32.0 Å². The number of fused-ring (bicyclic) bond motifs is 1. The number of alkyl halides is 3. The molecule has 0 fully saturated rings. The fourth-order valence-corrected chi connectivity index (χ4v) is 4.19. The number of hydrogen-bond acceptors (Lipinski definition) is 4. The van der Waals surface area contributed by atoms with E-state index in [2.05, 4.69) is 0 Å². The Bertz CT molecular complexity index is 1220. The monoisotopic (exact) mass is 489 g/mol. The normalized spacial score (nSPS) is 12.6. The molecule has 0 aliphatic heterocycles. The summed E-state index contributed by atoms with van der Waals surface area (Å²) in [6, 6.07) is 10.8. The molecular formula is C26H30F3N3O3. The third-order valence-electron chi connectivity index (χ3n) is 5.84. The first-order valence-electron chi connectivity index (χ1n) is 11.7. The van der Waals surface area contributed by atoms with Crippen LogP contribution in [0.25, 0.3) is 10.9 Å². The molecule has 0 radical (unpaired) electrons. The molecule has 3 rings (SSSR count). The van der Waals surface area contributed by atoms with Gasteiger partial charge in [-0.05, 0) is 49.6 Å². The van der Waals surface area contributed by atoms with E-state index in [-0.39, 0.29) is 17.7 Å². The molecule has 3 aromatic rings. The molecule has 35 heavy (non-hydrogen) atoms. The van der Waals surface area contributed by atoms with Gasteiger partial charge >= 0.3 is 6.18 Å². The van der Waals surface area contributed by atoms with Gasteiger partial charge in [-0.3, -0.25) is 14.2 Å². The Labute approximate surface area is 202 Å². The third kappa shape index (κ3) is 5.90. The Kier molecular flexibility index (Phi) is 8.67. The van der Waals surface area contributed by atoms with Gasteiger partial charge in [-0.25, -0.2) is 4.98 Å². The van der Waals surface area contributed by atoms with Crippen LogP contribution >= 0.6 is 0 Å². The average molecular weight is 490 g/mol. The molecular weight excluding hydrogens is 459 g/mol. The molecule has 0 N–H and O–H groups in total. The van der Waals surface area contributed by atoms with Crippen molar-refractivity contribution in [1.82, 2.24) is 14.5 Å². The number of aromatic nitrogens is 2. The zero-order valence-corrected chi connectivity index (χ0v) is 20.1. The van der Waals surface area contributed by atoms with Crippen LogP contribution in [0.5, 0.6) is 0 Å². The lowest BCUT2D eigenvalue weighted by atomic mass is 10.1. The number of para-hydroxylation sites is 1. The van der Waals surface area contributed by atoms with Crippen molar-refractivity contribution in [3.63, 3.8) is 0 Å². The lowest BCUT2D eigenvalue weighted by molar-refractivity contribution is -0.137. The van der Waals surface area contributed by atoms with Crippen LogP contribution in [0.2, 0.25) is 0 Å². The fourth-order valence-electron chi connectivity index (χ4n) is 4.19. The van der Waals surface area contributed by atoms with Gasteiger partial charge in [0.15, 0.2) is 0 Å².